The number of rotatable bonds is 2. The van der Waals surface area contributed by atoms with Gasteiger partial charge in [-0.3, -0.25) is 9.63 Å². The predicted octanol–water partition coefficient (Wildman–Crippen LogP) is 1.05. The van der Waals surface area contributed by atoms with E-state index in [9.17, 15) is 4.79 Å². The lowest BCUT2D eigenvalue weighted by molar-refractivity contribution is -0.171. The van der Waals surface area contributed by atoms with Crippen LogP contribution in [-0.4, -0.2) is 25.1 Å². The molecular weight excluding hydrogens is 142 g/mol. The maximum atomic E-state index is 11.4. The molecule has 1 amide bonds. The SMILES string of the molecule is CON(C)C(=O)[C@H]1CC1(C)C. The first-order valence-electron chi connectivity index (χ1n) is 3.80. The zero-order valence-electron chi connectivity index (χ0n) is 7.55. The van der Waals surface area contributed by atoms with Crippen LogP contribution in [0.2, 0.25) is 0 Å². The van der Waals surface area contributed by atoms with E-state index in [-0.39, 0.29) is 17.2 Å². The Morgan fingerprint density at radius 3 is 2.36 bits per heavy atom. The van der Waals surface area contributed by atoms with E-state index in [0.29, 0.717) is 0 Å². The Morgan fingerprint density at radius 2 is 2.09 bits per heavy atom. The van der Waals surface area contributed by atoms with Gasteiger partial charge in [-0.25, -0.2) is 5.06 Å². The summed E-state index contributed by atoms with van der Waals surface area (Å²) in [6, 6.07) is 0. The van der Waals surface area contributed by atoms with Crippen molar-refractivity contribution in [3.63, 3.8) is 0 Å². The van der Waals surface area contributed by atoms with E-state index in [0.717, 1.165) is 6.42 Å². The first kappa shape index (κ1) is 8.53. The van der Waals surface area contributed by atoms with E-state index >= 15 is 0 Å². The highest BCUT2D eigenvalue weighted by Crippen LogP contribution is 2.52. The van der Waals surface area contributed by atoms with Crippen molar-refractivity contribution in [2.75, 3.05) is 14.2 Å². The number of hydrogen-bond donors (Lipinski definition) is 0. The molecule has 0 aromatic heterocycles. The van der Waals surface area contributed by atoms with Crippen molar-refractivity contribution in [2.24, 2.45) is 11.3 Å². The molecule has 1 rings (SSSR count). The fourth-order valence-electron chi connectivity index (χ4n) is 1.20. The summed E-state index contributed by atoms with van der Waals surface area (Å²) in [6.45, 7) is 4.19. The minimum Gasteiger partial charge on any atom is -0.275 e. The molecule has 1 aliphatic carbocycles. The minimum absolute atomic E-state index is 0.0949. The first-order valence-corrected chi connectivity index (χ1v) is 3.80. The number of hydrogen-bond acceptors (Lipinski definition) is 2. The summed E-state index contributed by atoms with van der Waals surface area (Å²) < 4.78 is 0. The van der Waals surface area contributed by atoms with E-state index < -0.39 is 0 Å². The third-order valence-electron chi connectivity index (χ3n) is 2.40. The van der Waals surface area contributed by atoms with Crippen molar-refractivity contribution in [3.05, 3.63) is 0 Å². The van der Waals surface area contributed by atoms with Gasteiger partial charge in [-0.1, -0.05) is 13.8 Å². The van der Waals surface area contributed by atoms with Gasteiger partial charge in [0.2, 0.25) is 5.91 Å². The van der Waals surface area contributed by atoms with Crippen molar-refractivity contribution in [1.82, 2.24) is 5.06 Å². The molecular formula is C8H15NO2. The normalized spacial score (nSPS) is 26.4. The Hall–Kier alpha value is -0.570. The van der Waals surface area contributed by atoms with Crippen molar-refractivity contribution in [2.45, 2.75) is 20.3 Å². The Labute approximate surface area is 67.3 Å². The molecule has 0 saturated heterocycles. The third-order valence-corrected chi connectivity index (χ3v) is 2.40. The summed E-state index contributed by atoms with van der Waals surface area (Å²) >= 11 is 0. The maximum absolute atomic E-state index is 11.4. The fraction of sp³-hybridized carbons (Fsp3) is 0.875. The summed E-state index contributed by atoms with van der Waals surface area (Å²) in [5.74, 6) is 0.268. The third kappa shape index (κ3) is 1.53. The monoisotopic (exact) mass is 157 g/mol. The highest BCUT2D eigenvalue weighted by Gasteiger charge is 2.51. The number of carbonyl (C=O) groups excluding carboxylic acids is 1. The molecule has 3 nitrogen and oxygen atoms in total. The van der Waals surface area contributed by atoms with Crippen LogP contribution in [0, 0.1) is 11.3 Å². The maximum Gasteiger partial charge on any atom is 0.249 e. The van der Waals surface area contributed by atoms with Crippen LogP contribution in [0.4, 0.5) is 0 Å². The molecule has 0 radical (unpaired) electrons. The molecule has 0 unspecified atom stereocenters. The molecule has 0 heterocycles. The molecule has 0 N–H and O–H groups in total. The lowest BCUT2D eigenvalue weighted by Crippen LogP contribution is -2.28. The molecule has 0 aliphatic heterocycles. The minimum atomic E-state index is 0.0949. The van der Waals surface area contributed by atoms with Gasteiger partial charge in [0, 0.05) is 13.0 Å². The summed E-state index contributed by atoms with van der Waals surface area (Å²) in [5, 5.41) is 1.30. The summed E-state index contributed by atoms with van der Waals surface area (Å²) in [5.41, 5.74) is 0.198. The van der Waals surface area contributed by atoms with Crippen LogP contribution in [0.3, 0.4) is 0 Å². The van der Waals surface area contributed by atoms with Gasteiger partial charge in [-0.15, -0.1) is 0 Å². The smallest absolute Gasteiger partial charge is 0.249 e. The number of amides is 1. The molecule has 0 aromatic rings. The van der Waals surface area contributed by atoms with E-state index in [1.165, 1.54) is 12.2 Å². The topological polar surface area (TPSA) is 29.5 Å². The molecule has 1 fully saturated rings. The Kier molecular flexibility index (Phi) is 1.92. The fourth-order valence-corrected chi connectivity index (χ4v) is 1.20. The zero-order valence-corrected chi connectivity index (χ0v) is 7.55. The predicted molar refractivity (Wildman–Crippen MR) is 41.7 cm³/mol. The van der Waals surface area contributed by atoms with Crippen molar-refractivity contribution in [3.8, 4) is 0 Å². The van der Waals surface area contributed by atoms with E-state index in [2.05, 4.69) is 13.8 Å². The van der Waals surface area contributed by atoms with Crippen LogP contribution in [0.5, 0.6) is 0 Å². The highest BCUT2D eigenvalue weighted by molar-refractivity contribution is 5.81. The standard InChI is InChI=1S/C8H15NO2/c1-8(2)5-6(8)7(10)9(3)11-4/h6H,5H2,1-4H3/t6-/m1/s1. The lowest BCUT2D eigenvalue weighted by atomic mass is 10.1. The lowest BCUT2D eigenvalue weighted by Gasteiger charge is -2.14. The second-order valence-electron chi connectivity index (χ2n) is 3.76. The summed E-state index contributed by atoms with van der Waals surface area (Å²) in [4.78, 5) is 16.1. The largest absolute Gasteiger partial charge is 0.275 e. The molecule has 64 valence electrons. The van der Waals surface area contributed by atoms with Gasteiger partial charge in [0.05, 0.1) is 7.11 Å². The van der Waals surface area contributed by atoms with Gasteiger partial charge >= 0.3 is 0 Å². The van der Waals surface area contributed by atoms with Gasteiger partial charge in [0.25, 0.3) is 0 Å². The Balaban J connectivity index is 2.46. The van der Waals surface area contributed by atoms with Crippen molar-refractivity contribution < 1.29 is 9.63 Å². The average molecular weight is 157 g/mol. The number of nitrogens with zero attached hydrogens (tertiary/aromatic N) is 1. The van der Waals surface area contributed by atoms with Crippen LogP contribution >= 0.6 is 0 Å². The highest BCUT2D eigenvalue weighted by atomic mass is 16.7. The second-order valence-corrected chi connectivity index (χ2v) is 3.76. The Bertz CT molecular complexity index is 177. The molecule has 0 spiro atoms. The molecule has 11 heavy (non-hydrogen) atoms. The van der Waals surface area contributed by atoms with Gasteiger partial charge in [0.1, 0.15) is 0 Å². The van der Waals surface area contributed by atoms with Gasteiger partial charge in [0.15, 0.2) is 0 Å². The zero-order chi connectivity index (χ0) is 8.65. The van der Waals surface area contributed by atoms with Crippen molar-refractivity contribution in [1.29, 1.82) is 0 Å². The number of carbonyl (C=O) groups is 1. The molecule has 0 aromatic carbocycles. The van der Waals surface area contributed by atoms with Crippen LogP contribution in [0.1, 0.15) is 20.3 Å². The molecule has 1 aliphatic rings. The van der Waals surface area contributed by atoms with Crippen LogP contribution in [0.15, 0.2) is 0 Å². The molecule has 1 atom stereocenters. The summed E-state index contributed by atoms with van der Waals surface area (Å²) in [7, 11) is 3.16. The Morgan fingerprint density at radius 1 is 1.64 bits per heavy atom. The average Bonchev–Trinajstić information content (AvgIpc) is 2.56. The molecule has 1 saturated carbocycles. The first-order chi connectivity index (χ1) is 4.99. The molecule has 3 heteroatoms. The van der Waals surface area contributed by atoms with Gasteiger partial charge in [-0.05, 0) is 11.8 Å². The quantitative estimate of drug-likeness (QED) is 0.561. The van der Waals surface area contributed by atoms with Gasteiger partial charge in [-0.2, -0.15) is 0 Å². The van der Waals surface area contributed by atoms with Crippen LogP contribution in [-0.2, 0) is 9.63 Å². The van der Waals surface area contributed by atoms with E-state index in [1.54, 1.807) is 7.05 Å². The number of hydroxylamine groups is 2. The second kappa shape index (κ2) is 2.48. The van der Waals surface area contributed by atoms with E-state index in [4.69, 9.17) is 4.84 Å². The van der Waals surface area contributed by atoms with Crippen LogP contribution in [0.25, 0.3) is 0 Å². The van der Waals surface area contributed by atoms with Crippen molar-refractivity contribution >= 4 is 5.91 Å². The molecule has 0 bridgehead atoms. The summed E-state index contributed by atoms with van der Waals surface area (Å²) in [6.07, 6.45) is 0.986. The van der Waals surface area contributed by atoms with E-state index in [1.807, 2.05) is 0 Å². The van der Waals surface area contributed by atoms with Gasteiger partial charge < -0.3 is 0 Å². The van der Waals surface area contributed by atoms with Crippen LogP contribution < -0.4 is 0 Å².